The van der Waals surface area contributed by atoms with Crippen LogP contribution in [0, 0.1) is 0 Å². The summed E-state index contributed by atoms with van der Waals surface area (Å²) in [4.78, 5) is 11.7. The van der Waals surface area contributed by atoms with Crippen molar-refractivity contribution in [2.75, 3.05) is 13.1 Å². The van der Waals surface area contributed by atoms with Crippen molar-refractivity contribution >= 4 is 5.97 Å². The first-order chi connectivity index (χ1) is 9.60. The van der Waals surface area contributed by atoms with Gasteiger partial charge in [-0.2, -0.15) is 13.2 Å². The highest BCUT2D eigenvalue weighted by atomic mass is 19.4. The second-order valence-corrected chi connectivity index (χ2v) is 5.41. The molecule has 0 aliphatic heterocycles. The van der Waals surface area contributed by atoms with E-state index in [1.807, 2.05) is 26.0 Å². The van der Waals surface area contributed by atoms with Crippen LogP contribution in [0.1, 0.15) is 43.9 Å². The predicted octanol–water partition coefficient (Wildman–Crippen LogP) is 3.82. The minimum Gasteiger partial charge on any atom is -0.480 e. The quantitative estimate of drug-likeness (QED) is 0.868. The number of halogens is 3. The Kier molecular flexibility index (Phi) is 5.78. The molecule has 1 unspecified atom stereocenters. The van der Waals surface area contributed by atoms with Gasteiger partial charge in [0.25, 0.3) is 0 Å². The molecule has 21 heavy (non-hydrogen) atoms. The summed E-state index contributed by atoms with van der Waals surface area (Å²) < 4.78 is 37.7. The Morgan fingerprint density at radius 2 is 1.62 bits per heavy atom. The standard InChI is InChI=1S/C15H20F3NO2/c1-10(2)12-4-6-13(7-5-12)11(3)19(8-14(20)21)9-15(16,17)18/h4-7,10-11H,8-9H2,1-3H3,(H,20,21). The maximum atomic E-state index is 12.6. The van der Waals surface area contributed by atoms with Crippen molar-refractivity contribution < 1.29 is 23.1 Å². The number of carbonyl (C=O) groups is 1. The van der Waals surface area contributed by atoms with Gasteiger partial charge in [0.1, 0.15) is 0 Å². The molecule has 0 aromatic heterocycles. The van der Waals surface area contributed by atoms with Crippen LogP contribution >= 0.6 is 0 Å². The van der Waals surface area contributed by atoms with Gasteiger partial charge >= 0.3 is 12.1 Å². The third kappa shape index (κ3) is 5.75. The van der Waals surface area contributed by atoms with E-state index in [0.717, 1.165) is 10.5 Å². The Morgan fingerprint density at radius 3 is 2.00 bits per heavy atom. The van der Waals surface area contributed by atoms with Crippen molar-refractivity contribution in [3.05, 3.63) is 35.4 Å². The van der Waals surface area contributed by atoms with E-state index in [9.17, 15) is 18.0 Å². The van der Waals surface area contributed by atoms with Crippen molar-refractivity contribution in [2.24, 2.45) is 0 Å². The van der Waals surface area contributed by atoms with Gasteiger partial charge in [-0.15, -0.1) is 0 Å². The normalized spacial score (nSPS) is 13.7. The molecule has 0 amide bonds. The number of hydrogen-bond acceptors (Lipinski definition) is 2. The zero-order chi connectivity index (χ0) is 16.2. The second kappa shape index (κ2) is 6.93. The molecule has 0 heterocycles. The Labute approximate surface area is 122 Å². The van der Waals surface area contributed by atoms with Gasteiger partial charge in [0.05, 0.1) is 13.1 Å². The highest BCUT2D eigenvalue weighted by molar-refractivity contribution is 5.69. The third-order valence-corrected chi connectivity index (χ3v) is 3.35. The van der Waals surface area contributed by atoms with Crippen LogP contribution in [0.5, 0.6) is 0 Å². The molecule has 1 aromatic carbocycles. The minimum absolute atomic E-state index is 0.333. The molecular formula is C15H20F3NO2. The van der Waals surface area contributed by atoms with Crippen LogP contribution in [0.15, 0.2) is 24.3 Å². The molecule has 0 saturated heterocycles. The zero-order valence-electron chi connectivity index (χ0n) is 12.3. The number of carboxylic acids is 1. The molecule has 0 aliphatic carbocycles. The van der Waals surface area contributed by atoms with Gasteiger partial charge < -0.3 is 5.11 Å². The number of nitrogens with zero attached hydrogens (tertiary/aromatic N) is 1. The third-order valence-electron chi connectivity index (χ3n) is 3.35. The maximum absolute atomic E-state index is 12.6. The smallest absolute Gasteiger partial charge is 0.401 e. The fraction of sp³-hybridized carbons (Fsp3) is 0.533. The first kappa shape index (κ1) is 17.5. The maximum Gasteiger partial charge on any atom is 0.401 e. The number of hydrogen-bond donors (Lipinski definition) is 1. The van der Waals surface area contributed by atoms with Gasteiger partial charge in [0.2, 0.25) is 0 Å². The van der Waals surface area contributed by atoms with Crippen molar-refractivity contribution in [1.82, 2.24) is 4.90 Å². The topological polar surface area (TPSA) is 40.5 Å². The molecule has 1 aromatic rings. The highest BCUT2D eigenvalue weighted by Crippen LogP contribution is 2.26. The van der Waals surface area contributed by atoms with E-state index in [2.05, 4.69) is 0 Å². The van der Waals surface area contributed by atoms with E-state index in [-0.39, 0.29) is 0 Å². The first-order valence-corrected chi connectivity index (χ1v) is 6.72. The summed E-state index contributed by atoms with van der Waals surface area (Å²) >= 11 is 0. The molecular weight excluding hydrogens is 283 g/mol. The van der Waals surface area contributed by atoms with E-state index in [1.54, 1.807) is 19.1 Å². The number of benzene rings is 1. The number of alkyl halides is 3. The lowest BCUT2D eigenvalue weighted by molar-refractivity contribution is -0.157. The van der Waals surface area contributed by atoms with Crippen LogP contribution in [-0.4, -0.2) is 35.2 Å². The number of aliphatic carboxylic acids is 1. The molecule has 0 bridgehead atoms. The molecule has 0 saturated carbocycles. The number of carboxylic acid groups (broad SMARTS) is 1. The van der Waals surface area contributed by atoms with Crippen LogP contribution in [0.2, 0.25) is 0 Å². The molecule has 3 nitrogen and oxygen atoms in total. The van der Waals surface area contributed by atoms with Crippen molar-refractivity contribution in [3.8, 4) is 0 Å². The molecule has 118 valence electrons. The summed E-state index contributed by atoms with van der Waals surface area (Å²) in [5.74, 6) is -0.940. The van der Waals surface area contributed by atoms with Crippen molar-refractivity contribution in [3.63, 3.8) is 0 Å². The summed E-state index contributed by atoms with van der Waals surface area (Å²) in [6, 6.07) is 6.62. The van der Waals surface area contributed by atoms with E-state index in [4.69, 9.17) is 5.11 Å². The largest absolute Gasteiger partial charge is 0.480 e. The average Bonchev–Trinajstić information content (AvgIpc) is 2.35. The van der Waals surface area contributed by atoms with Crippen molar-refractivity contribution in [2.45, 2.75) is 38.9 Å². The van der Waals surface area contributed by atoms with Gasteiger partial charge in [0.15, 0.2) is 0 Å². The predicted molar refractivity (Wildman–Crippen MR) is 74.2 cm³/mol. The number of rotatable bonds is 6. The fourth-order valence-electron chi connectivity index (χ4n) is 2.10. The molecule has 1 atom stereocenters. The summed E-state index contributed by atoms with van der Waals surface area (Å²) in [6.45, 7) is 3.75. The highest BCUT2D eigenvalue weighted by Gasteiger charge is 2.34. The van der Waals surface area contributed by atoms with Crippen LogP contribution in [-0.2, 0) is 4.79 Å². The van der Waals surface area contributed by atoms with Gasteiger partial charge in [-0.05, 0) is 24.0 Å². The molecule has 0 aliphatic rings. The lowest BCUT2D eigenvalue weighted by Crippen LogP contribution is -2.39. The second-order valence-electron chi connectivity index (χ2n) is 5.41. The minimum atomic E-state index is -4.43. The average molecular weight is 303 g/mol. The zero-order valence-corrected chi connectivity index (χ0v) is 12.3. The van der Waals surface area contributed by atoms with Crippen LogP contribution in [0.3, 0.4) is 0 Å². The summed E-state index contributed by atoms with van der Waals surface area (Å²) in [5, 5.41) is 8.78. The lowest BCUT2D eigenvalue weighted by atomic mass is 9.99. The van der Waals surface area contributed by atoms with Gasteiger partial charge in [0, 0.05) is 6.04 Å². The molecule has 0 radical (unpaired) electrons. The van der Waals surface area contributed by atoms with E-state index >= 15 is 0 Å². The molecule has 0 spiro atoms. The summed E-state index contributed by atoms with van der Waals surface area (Å²) in [5.41, 5.74) is 1.76. The van der Waals surface area contributed by atoms with Gasteiger partial charge in [-0.25, -0.2) is 0 Å². The van der Waals surface area contributed by atoms with Crippen LogP contribution < -0.4 is 0 Å². The Morgan fingerprint density at radius 1 is 1.14 bits per heavy atom. The first-order valence-electron chi connectivity index (χ1n) is 6.72. The Bertz CT molecular complexity index is 469. The van der Waals surface area contributed by atoms with Crippen molar-refractivity contribution in [1.29, 1.82) is 0 Å². The molecule has 0 fully saturated rings. The van der Waals surface area contributed by atoms with E-state index in [0.29, 0.717) is 11.5 Å². The SMILES string of the molecule is CC(C)c1ccc(C(C)N(CC(=O)O)CC(F)(F)F)cc1. The lowest BCUT2D eigenvalue weighted by Gasteiger charge is -2.28. The summed E-state index contributed by atoms with van der Waals surface area (Å²) in [7, 11) is 0. The summed E-state index contributed by atoms with van der Waals surface area (Å²) in [6.07, 6.45) is -4.43. The van der Waals surface area contributed by atoms with Crippen LogP contribution in [0.25, 0.3) is 0 Å². The molecule has 6 heteroatoms. The monoisotopic (exact) mass is 303 g/mol. The Hall–Kier alpha value is -1.56. The van der Waals surface area contributed by atoms with Gasteiger partial charge in [-0.3, -0.25) is 9.69 Å². The molecule has 1 N–H and O–H groups in total. The van der Waals surface area contributed by atoms with Gasteiger partial charge in [-0.1, -0.05) is 38.1 Å². The van der Waals surface area contributed by atoms with E-state index in [1.165, 1.54) is 0 Å². The van der Waals surface area contributed by atoms with Crippen LogP contribution in [0.4, 0.5) is 13.2 Å². The fourth-order valence-corrected chi connectivity index (χ4v) is 2.10. The Balaban J connectivity index is 2.93. The molecule has 1 rings (SSSR count). The van der Waals surface area contributed by atoms with E-state index < -0.39 is 31.3 Å².